The van der Waals surface area contributed by atoms with Crippen LogP contribution in [0.4, 0.5) is 5.69 Å². The van der Waals surface area contributed by atoms with Crippen LogP contribution < -0.4 is 5.32 Å². The summed E-state index contributed by atoms with van der Waals surface area (Å²) in [5.74, 6) is -1.48. The van der Waals surface area contributed by atoms with E-state index in [-0.39, 0.29) is 0 Å². The first-order valence-corrected chi connectivity index (χ1v) is 6.37. The van der Waals surface area contributed by atoms with Crippen LogP contribution in [0.15, 0.2) is 18.2 Å². The molecule has 1 aromatic rings. The second-order valence-corrected chi connectivity index (χ2v) is 4.99. The van der Waals surface area contributed by atoms with E-state index in [1.165, 1.54) is 6.07 Å². The number of rotatable bonds is 3. The zero-order valence-corrected chi connectivity index (χ0v) is 11.2. The number of carboxylic acid groups (broad SMARTS) is 1. The predicted octanol–water partition coefficient (Wildman–Crippen LogP) is 2.56. The number of amides is 1. The summed E-state index contributed by atoms with van der Waals surface area (Å²) in [7, 11) is 0. The Morgan fingerprint density at radius 2 is 1.95 bits per heavy atom. The number of anilines is 1. The quantitative estimate of drug-likeness (QED) is 0.900. The van der Waals surface area contributed by atoms with Gasteiger partial charge in [-0.05, 0) is 31.0 Å². The van der Waals surface area contributed by atoms with Crippen LogP contribution in [0.1, 0.15) is 12.8 Å². The molecule has 0 aromatic heterocycles. The van der Waals surface area contributed by atoms with Crippen molar-refractivity contribution in [2.45, 2.75) is 25.0 Å². The van der Waals surface area contributed by atoms with Crippen molar-refractivity contribution >= 4 is 40.8 Å². The number of hydrogen-bond donors (Lipinski definition) is 2. The van der Waals surface area contributed by atoms with Gasteiger partial charge in [0.15, 0.2) is 6.10 Å². The maximum atomic E-state index is 11.9. The highest BCUT2D eigenvalue weighted by Crippen LogP contribution is 2.27. The lowest BCUT2D eigenvalue weighted by Crippen LogP contribution is -2.30. The lowest BCUT2D eigenvalue weighted by molar-refractivity contribution is -0.150. The van der Waals surface area contributed by atoms with Gasteiger partial charge in [0.2, 0.25) is 0 Å². The minimum Gasteiger partial charge on any atom is -0.479 e. The van der Waals surface area contributed by atoms with E-state index in [1.807, 2.05) is 0 Å². The van der Waals surface area contributed by atoms with Gasteiger partial charge in [-0.15, -0.1) is 0 Å². The van der Waals surface area contributed by atoms with E-state index in [9.17, 15) is 9.59 Å². The SMILES string of the molecule is O=C(Nc1cc(Cl)ccc1Cl)[C@@H]1CC[C@H](C(=O)O)O1. The molecule has 0 bridgehead atoms. The summed E-state index contributed by atoms with van der Waals surface area (Å²) in [5, 5.41) is 12.2. The minimum absolute atomic E-state index is 0.316. The number of carbonyl (C=O) groups excluding carboxylic acids is 1. The van der Waals surface area contributed by atoms with Gasteiger partial charge in [0, 0.05) is 5.02 Å². The summed E-state index contributed by atoms with van der Waals surface area (Å²) in [6, 6.07) is 4.69. The maximum Gasteiger partial charge on any atom is 0.332 e. The molecule has 102 valence electrons. The van der Waals surface area contributed by atoms with E-state index in [0.717, 1.165) is 0 Å². The van der Waals surface area contributed by atoms with Gasteiger partial charge in [-0.3, -0.25) is 4.79 Å². The normalized spacial score (nSPS) is 22.2. The van der Waals surface area contributed by atoms with Crippen molar-refractivity contribution in [2.24, 2.45) is 0 Å². The first-order chi connectivity index (χ1) is 8.97. The average Bonchev–Trinajstić information content (AvgIpc) is 2.83. The van der Waals surface area contributed by atoms with Gasteiger partial charge in [0.1, 0.15) is 6.10 Å². The Morgan fingerprint density at radius 1 is 1.26 bits per heavy atom. The van der Waals surface area contributed by atoms with Crippen LogP contribution in [0.25, 0.3) is 0 Å². The fraction of sp³-hybridized carbons (Fsp3) is 0.333. The third-order valence-electron chi connectivity index (χ3n) is 2.77. The van der Waals surface area contributed by atoms with Crippen LogP contribution in [0.5, 0.6) is 0 Å². The number of aliphatic carboxylic acids is 1. The smallest absolute Gasteiger partial charge is 0.332 e. The number of carboxylic acids is 1. The van der Waals surface area contributed by atoms with Crippen LogP contribution in [0.2, 0.25) is 10.0 Å². The molecule has 1 heterocycles. The van der Waals surface area contributed by atoms with Crippen molar-refractivity contribution < 1.29 is 19.4 Å². The molecule has 1 aliphatic rings. The Balaban J connectivity index is 2.02. The van der Waals surface area contributed by atoms with Crippen LogP contribution in [0.3, 0.4) is 0 Å². The molecule has 2 N–H and O–H groups in total. The topological polar surface area (TPSA) is 75.6 Å². The van der Waals surface area contributed by atoms with Gasteiger partial charge in [0.25, 0.3) is 5.91 Å². The molecule has 19 heavy (non-hydrogen) atoms. The van der Waals surface area contributed by atoms with Crippen molar-refractivity contribution in [2.75, 3.05) is 5.32 Å². The van der Waals surface area contributed by atoms with Crippen molar-refractivity contribution in [3.63, 3.8) is 0 Å². The average molecular weight is 304 g/mol. The van der Waals surface area contributed by atoms with Gasteiger partial charge in [0.05, 0.1) is 10.7 Å². The molecule has 0 aliphatic carbocycles. The first-order valence-electron chi connectivity index (χ1n) is 5.61. The number of hydrogen-bond acceptors (Lipinski definition) is 3. The highest BCUT2D eigenvalue weighted by molar-refractivity contribution is 6.35. The van der Waals surface area contributed by atoms with E-state index >= 15 is 0 Å². The van der Waals surface area contributed by atoms with E-state index < -0.39 is 24.1 Å². The van der Waals surface area contributed by atoms with E-state index in [1.54, 1.807) is 12.1 Å². The van der Waals surface area contributed by atoms with Gasteiger partial charge in [-0.25, -0.2) is 4.79 Å². The second kappa shape index (κ2) is 5.77. The molecule has 2 atom stereocenters. The largest absolute Gasteiger partial charge is 0.479 e. The molecule has 1 saturated heterocycles. The van der Waals surface area contributed by atoms with Crippen LogP contribution in [-0.4, -0.2) is 29.2 Å². The maximum absolute atomic E-state index is 11.9. The molecule has 0 saturated carbocycles. The summed E-state index contributed by atoms with van der Waals surface area (Å²) < 4.78 is 5.14. The molecular formula is C12H11Cl2NO4. The van der Waals surface area contributed by atoms with E-state index in [0.29, 0.717) is 28.6 Å². The number of carbonyl (C=O) groups is 2. The molecular weight excluding hydrogens is 293 g/mol. The summed E-state index contributed by atoms with van der Waals surface area (Å²) in [6.45, 7) is 0. The summed E-state index contributed by atoms with van der Waals surface area (Å²) in [6.07, 6.45) is -1.03. The van der Waals surface area contributed by atoms with Gasteiger partial charge >= 0.3 is 5.97 Å². The molecule has 1 amide bonds. The zero-order valence-electron chi connectivity index (χ0n) is 9.73. The fourth-order valence-electron chi connectivity index (χ4n) is 1.82. The standard InChI is InChI=1S/C12H11Cl2NO4/c13-6-1-2-7(14)8(5-6)15-11(16)9-3-4-10(19-9)12(17)18/h1-2,5,9-10H,3-4H2,(H,15,16)(H,17,18)/t9-,10+/m0/s1. The zero-order chi connectivity index (χ0) is 14.0. The minimum atomic E-state index is -1.06. The monoisotopic (exact) mass is 303 g/mol. The highest BCUT2D eigenvalue weighted by Gasteiger charge is 2.34. The second-order valence-electron chi connectivity index (χ2n) is 4.14. The number of nitrogens with one attached hydrogen (secondary N) is 1. The Kier molecular flexibility index (Phi) is 4.29. The number of halogens is 2. The van der Waals surface area contributed by atoms with Crippen molar-refractivity contribution in [3.05, 3.63) is 28.2 Å². The number of benzene rings is 1. The number of ether oxygens (including phenoxy) is 1. The molecule has 0 spiro atoms. The molecule has 0 radical (unpaired) electrons. The van der Waals surface area contributed by atoms with Gasteiger partial charge in [-0.1, -0.05) is 23.2 Å². The van der Waals surface area contributed by atoms with Gasteiger partial charge < -0.3 is 15.2 Å². The fourth-order valence-corrected chi connectivity index (χ4v) is 2.16. The Bertz CT molecular complexity index is 520. The van der Waals surface area contributed by atoms with E-state index in [2.05, 4.69) is 5.32 Å². The lowest BCUT2D eigenvalue weighted by Gasteiger charge is -2.12. The first kappa shape index (κ1) is 14.1. The highest BCUT2D eigenvalue weighted by atomic mass is 35.5. The van der Waals surface area contributed by atoms with Crippen molar-refractivity contribution in [3.8, 4) is 0 Å². The van der Waals surface area contributed by atoms with Crippen LogP contribution >= 0.6 is 23.2 Å². The molecule has 0 unspecified atom stereocenters. The van der Waals surface area contributed by atoms with Crippen LogP contribution in [0, 0.1) is 0 Å². The Labute approximate surface area is 119 Å². The molecule has 5 nitrogen and oxygen atoms in total. The molecule has 1 aromatic carbocycles. The third-order valence-corrected chi connectivity index (χ3v) is 3.34. The lowest BCUT2D eigenvalue weighted by atomic mass is 10.2. The Morgan fingerprint density at radius 3 is 2.58 bits per heavy atom. The Hall–Kier alpha value is -1.30. The van der Waals surface area contributed by atoms with Crippen molar-refractivity contribution in [1.82, 2.24) is 0 Å². The van der Waals surface area contributed by atoms with Crippen LogP contribution in [-0.2, 0) is 14.3 Å². The molecule has 1 fully saturated rings. The summed E-state index contributed by atoms with van der Waals surface area (Å²) >= 11 is 11.7. The summed E-state index contributed by atoms with van der Waals surface area (Å²) in [4.78, 5) is 22.6. The summed E-state index contributed by atoms with van der Waals surface area (Å²) in [5.41, 5.74) is 0.376. The van der Waals surface area contributed by atoms with Gasteiger partial charge in [-0.2, -0.15) is 0 Å². The predicted molar refractivity (Wildman–Crippen MR) is 70.6 cm³/mol. The molecule has 1 aliphatic heterocycles. The van der Waals surface area contributed by atoms with Crippen molar-refractivity contribution in [1.29, 1.82) is 0 Å². The van der Waals surface area contributed by atoms with E-state index in [4.69, 9.17) is 33.0 Å². The molecule has 7 heteroatoms. The molecule has 2 rings (SSSR count). The third kappa shape index (κ3) is 3.37.